The minimum absolute atomic E-state index is 0.0106. The third-order valence-corrected chi connectivity index (χ3v) is 3.75. The Morgan fingerprint density at radius 1 is 1.47 bits per heavy atom. The van der Waals surface area contributed by atoms with Gasteiger partial charge < -0.3 is 9.64 Å². The summed E-state index contributed by atoms with van der Waals surface area (Å²) in [5, 5.41) is 0. The van der Waals surface area contributed by atoms with Gasteiger partial charge in [-0.1, -0.05) is 0 Å². The minimum Gasteiger partial charge on any atom is -0.431 e. The SMILES string of the molecule is CC(C)N1CCCC(C(=O)OC2=CCCC2)C1. The van der Waals surface area contributed by atoms with E-state index < -0.39 is 0 Å². The second kappa shape index (κ2) is 5.67. The summed E-state index contributed by atoms with van der Waals surface area (Å²) in [5.41, 5.74) is 0. The standard InChI is InChI=1S/C14H23NO2/c1-11(2)15-9-5-6-12(10-15)14(16)17-13-7-3-4-8-13/h7,11-12H,3-6,8-10H2,1-2H3. The Labute approximate surface area is 104 Å². The van der Waals surface area contributed by atoms with Crippen molar-refractivity contribution in [3.05, 3.63) is 11.8 Å². The molecule has 1 atom stereocenters. The van der Waals surface area contributed by atoms with E-state index in [9.17, 15) is 4.79 Å². The number of allylic oxidation sites excluding steroid dienone is 2. The molecule has 0 aromatic carbocycles. The molecule has 17 heavy (non-hydrogen) atoms. The number of likely N-dealkylation sites (tertiary alicyclic amines) is 1. The zero-order valence-electron chi connectivity index (χ0n) is 10.9. The van der Waals surface area contributed by atoms with E-state index in [1.54, 1.807) is 0 Å². The number of ether oxygens (including phenoxy) is 1. The Balaban J connectivity index is 1.86. The smallest absolute Gasteiger partial charge is 0.315 e. The van der Waals surface area contributed by atoms with Crippen LogP contribution in [-0.4, -0.2) is 30.0 Å². The first-order chi connectivity index (χ1) is 8.16. The van der Waals surface area contributed by atoms with E-state index in [0.717, 1.165) is 51.0 Å². The van der Waals surface area contributed by atoms with Gasteiger partial charge in [-0.2, -0.15) is 0 Å². The van der Waals surface area contributed by atoms with Crippen LogP contribution in [0, 0.1) is 5.92 Å². The third-order valence-electron chi connectivity index (χ3n) is 3.75. The number of hydrogen-bond donors (Lipinski definition) is 0. The quantitative estimate of drug-likeness (QED) is 0.707. The molecule has 0 amide bonds. The van der Waals surface area contributed by atoms with E-state index in [4.69, 9.17) is 4.74 Å². The van der Waals surface area contributed by atoms with Gasteiger partial charge in [-0.25, -0.2) is 0 Å². The molecule has 0 bridgehead atoms. The molecule has 1 heterocycles. The average molecular weight is 237 g/mol. The molecule has 0 aromatic heterocycles. The number of rotatable bonds is 3. The van der Waals surface area contributed by atoms with Crippen molar-refractivity contribution in [2.45, 2.75) is 52.0 Å². The molecule has 0 aromatic rings. The van der Waals surface area contributed by atoms with Gasteiger partial charge in [0.25, 0.3) is 0 Å². The maximum absolute atomic E-state index is 12.0. The van der Waals surface area contributed by atoms with Gasteiger partial charge in [-0.15, -0.1) is 0 Å². The van der Waals surface area contributed by atoms with Crippen LogP contribution < -0.4 is 0 Å². The number of hydrogen-bond acceptors (Lipinski definition) is 3. The van der Waals surface area contributed by atoms with Crippen LogP contribution in [0.15, 0.2) is 11.8 Å². The first-order valence-corrected chi connectivity index (χ1v) is 6.81. The van der Waals surface area contributed by atoms with Gasteiger partial charge in [0, 0.05) is 19.0 Å². The second-order valence-corrected chi connectivity index (χ2v) is 5.41. The van der Waals surface area contributed by atoms with Crippen LogP contribution in [0.1, 0.15) is 46.0 Å². The largest absolute Gasteiger partial charge is 0.431 e. The van der Waals surface area contributed by atoms with Crippen LogP contribution in [0.3, 0.4) is 0 Å². The lowest BCUT2D eigenvalue weighted by Crippen LogP contribution is -2.42. The topological polar surface area (TPSA) is 29.5 Å². The maximum Gasteiger partial charge on any atom is 0.315 e. The van der Waals surface area contributed by atoms with Gasteiger partial charge >= 0.3 is 5.97 Å². The molecule has 0 spiro atoms. The van der Waals surface area contributed by atoms with Crippen LogP contribution in [0.2, 0.25) is 0 Å². The Kier molecular flexibility index (Phi) is 4.21. The summed E-state index contributed by atoms with van der Waals surface area (Å²) in [4.78, 5) is 14.4. The number of esters is 1. The van der Waals surface area contributed by atoms with Crippen molar-refractivity contribution in [2.75, 3.05) is 13.1 Å². The first-order valence-electron chi connectivity index (χ1n) is 6.81. The van der Waals surface area contributed by atoms with Gasteiger partial charge in [0.2, 0.25) is 0 Å². The number of nitrogens with zero attached hydrogens (tertiary/aromatic N) is 1. The van der Waals surface area contributed by atoms with Crippen LogP contribution in [-0.2, 0) is 9.53 Å². The minimum atomic E-state index is -0.0106. The molecule has 3 nitrogen and oxygen atoms in total. The summed E-state index contributed by atoms with van der Waals surface area (Å²) < 4.78 is 5.47. The molecule has 96 valence electrons. The molecule has 1 saturated heterocycles. The van der Waals surface area contributed by atoms with Crippen molar-refractivity contribution in [1.29, 1.82) is 0 Å². The molecule has 1 aliphatic heterocycles. The average Bonchev–Trinajstić information content (AvgIpc) is 2.82. The first kappa shape index (κ1) is 12.6. The molecule has 0 N–H and O–H groups in total. The molecule has 0 radical (unpaired) electrons. The summed E-state index contributed by atoms with van der Waals surface area (Å²) >= 11 is 0. The fourth-order valence-electron chi connectivity index (χ4n) is 2.61. The van der Waals surface area contributed by atoms with Crippen LogP contribution in [0.4, 0.5) is 0 Å². The highest BCUT2D eigenvalue weighted by Crippen LogP contribution is 2.24. The second-order valence-electron chi connectivity index (χ2n) is 5.41. The van der Waals surface area contributed by atoms with Crippen molar-refractivity contribution >= 4 is 5.97 Å². The fraction of sp³-hybridized carbons (Fsp3) is 0.786. The van der Waals surface area contributed by atoms with Crippen LogP contribution >= 0.6 is 0 Å². The highest BCUT2D eigenvalue weighted by Gasteiger charge is 2.28. The Bertz CT molecular complexity index is 309. The fourth-order valence-corrected chi connectivity index (χ4v) is 2.61. The van der Waals surface area contributed by atoms with E-state index >= 15 is 0 Å². The molecule has 1 fully saturated rings. The molecule has 1 aliphatic carbocycles. The predicted molar refractivity (Wildman–Crippen MR) is 67.5 cm³/mol. The van der Waals surface area contributed by atoms with Crippen molar-refractivity contribution in [3.63, 3.8) is 0 Å². The van der Waals surface area contributed by atoms with E-state index in [-0.39, 0.29) is 11.9 Å². The van der Waals surface area contributed by atoms with Gasteiger partial charge in [-0.05, 0) is 52.2 Å². The number of carbonyl (C=O) groups excluding carboxylic acids is 1. The summed E-state index contributed by atoms with van der Waals surface area (Å²) in [7, 11) is 0. The van der Waals surface area contributed by atoms with Crippen molar-refractivity contribution in [1.82, 2.24) is 4.90 Å². The van der Waals surface area contributed by atoms with E-state index in [2.05, 4.69) is 24.8 Å². The monoisotopic (exact) mass is 237 g/mol. The van der Waals surface area contributed by atoms with Gasteiger partial charge in [0.1, 0.15) is 5.76 Å². The highest BCUT2D eigenvalue weighted by atomic mass is 16.5. The molecular weight excluding hydrogens is 214 g/mol. The highest BCUT2D eigenvalue weighted by molar-refractivity contribution is 5.74. The summed E-state index contributed by atoms with van der Waals surface area (Å²) in [6, 6.07) is 0.524. The number of carbonyl (C=O) groups is 1. The summed E-state index contributed by atoms with van der Waals surface area (Å²) in [5.74, 6) is 0.966. The molecule has 0 saturated carbocycles. The molecule has 1 unspecified atom stereocenters. The van der Waals surface area contributed by atoms with Crippen LogP contribution in [0.25, 0.3) is 0 Å². The van der Waals surface area contributed by atoms with Crippen molar-refractivity contribution in [2.24, 2.45) is 5.92 Å². The Hall–Kier alpha value is -0.830. The lowest BCUT2D eigenvalue weighted by Gasteiger charge is -2.34. The lowest BCUT2D eigenvalue weighted by molar-refractivity contribution is -0.146. The molecule has 2 aliphatic rings. The predicted octanol–water partition coefficient (Wildman–Crippen LogP) is 2.72. The van der Waals surface area contributed by atoms with E-state index in [1.165, 1.54) is 0 Å². The van der Waals surface area contributed by atoms with Gasteiger partial charge in [-0.3, -0.25) is 4.79 Å². The van der Waals surface area contributed by atoms with Crippen molar-refractivity contribution < 1.29 is 9.53 Å². The van der Waals surface area contributed by atoms with Crippen LogP contribution in [0.5, 0.6) is 0 Å². The van der Waals surface area contributed by atoms with E-state index in [1.807, 2.05) is 0 Å². The normalized spacial score (nSPS) is 26.1. The zero-order valence-corrected chi connectivity index (χ0v) is 10.9. The maximum atomic E-state index is 12.0. The summed E-state index contributed by atoms with van der Waals surface area (Å²) in [6.07, 6.45) is 7.27. The molecule has 3 heteroatoms. The van der Waals surface area contributed by atoms with Gasteiger partial charge in [0.15, 0.2) is 0 Å². The van der Waals surface area contributed by atoms with Gasteiger partial charge in [0.05, 0.1) is 5.92 Å². The summed E-state index contributed by atoms with van der Waals surface area (Å²) in [6.45, 7) is 6.36. The zero-order chi connectivity index (χ0) is 12.3. The van der Waals surface area contributed by atoms with E-state index in [0.29, 0.717) is 6.04 Å². The molecule has 2 rings (SSSR count). The Morgan fingerprint density at radius 3 is 2.94 bits per heavy atom. The third kappa shape index (κ3) is 3.32. The number of piperidine rings is 1. The Morgan fingerprint density at radius 2 is 2.29 bits per heavy atom. The lowest BCUT2D eigenvalue weighted by atomic mass is 9.97. The van der Waals surface area contributed by atoms with Crippen molar-refractivity contribution in [3.8, 4) is 0 Å². The molecular formula is C14H23NO2.